The highest BCUT2D eigenvalue weighted by atomic mass is 16.3. The molecule has 0 bridgehead atoms. The molecular formula is C25H32N2O3. The van der Waals surface area contributed by atoms with Gasteiger partial charge in [-0.1, -0.05) is 60.7 Å². The molecule has 2 heterocycles. The third-order valence-electron chi connectivity index (χ3n) is 6.82. The maximum atomic E-state index is 13.7. The molecule has 1 amide bonds. The summed E-state index contributed by atoms with van der Waals surface area (Å²) in [5, 5.41) is 20.6. The van der Waals surface area contributed by atoms with E-state index < -0.39 is 5.60 Å². The molecular weight excluding hydrogens is 376 g/mol. The zero-order valence-electron chi connectivity index (χ0n) is 17.8. The highest BCUT2D eigenvalue weighted by Crippen LogP contribution is 2.45. The van der Waals surface area contributed by atoms with Gasteiger partial charge >= 0.3 is 0 Å². The summed E-state index contributed by atoms with van der Waals surface area (Å²) >= 11 is 0. The fraction of sp³-hybridized carbons (Fsp3) is 0.480. The Hall–Kier alpha value is -2.21. The predicted octanol–water partition coefficient (Wildman–Crippen LogP) is 2.84. The number of carbonyl (C=O) groups is 1. The number of rotatable bonds is 6. The molecule has 0 saturated carbocycles. The van der Waals surface area contributed by atoms with Crippen LogP contribution in [0.25, 0.3) is 0 Å². The molecule has 4 rings (SSSR count). The van der Waals surface area contributed by atoms with Crippen LogP contribution in [0.3, 0.4) is 0 Å². The molecule has 0 unspecified atom stereocenters. The molecule has 5 nitrogen and oxygen atoms in total. The smallest absolute Gasteiger partial charge is 0.240 e. The Bertz CT molecular complexity index is 850. The number of carbonyl (C=O) groups excluding carboxylic acids is 1. The first-order valence-electron chi connectivity index (χ1n) is 10.9. The minimum atomic E-state index is -0.914. The molecule has 5 heteroatoms. The van der Waals surface area contributed by atoms with Crippen molar-refractivity contribution in [2.45, 2.75) is 44.5 Å². The van der Waals surface area contributed by atoms with Gasteiger partial charge in [0.05, 0.1) is 17.7 Å². The SMILES string of the molecule is CC(C)(O)[C@H]1CN2[C@@H](c3ccccc3)CN(Cc3ccccc3)C(=O)[C@@H]2[C@@H]1CCO. The number of aliphatic hydroxyl groups is 2. The van der Waals surface area contributed by atoms with Crippen molar-refractivity contribution in [1.82, 2.24) is 9.80 Å². The molecule has 2 N–H and O–H groups in total. The van der Waals surface area contributed by atoms with Crippen LogP contribution < -0.4 is 0 Å². The van der Waals surface area contributed by atoms with Gasteiger partial charge in [-0.2, -0.15) is 0 Å². The zero-order valence-corrected chi connectivity index (χ0v) is 17.8. The first-order chi connectivity index (χ1) is 14.4. The van der Waals surface area contributed by atoms with Gasteiger partial charge in [0, 0.05) is 32.2 Å². The molecule has 2 aliphatic heterocycles. The van der Waals surface area contributed by atoms with Crippen molar-refractivity contribution in [3.63, 3.8) is 0 Å². The van der Waals surface area contributed by atoms with E-state index in [4.69, 9.17) is 0 Å². The third kappa shape index (κ3) is 4.02. The number of aliphatic hydroxyl groups excluding tert-OH is 1. The van der Waals surface area contributed by atoms with E-state index in [9.17, 15) is 15.0 Å². The normalized spacial score (nSPS) is 27.3. The van der Waals surface area contributed by atoms with Crippen molar-refractivity contribution < 1.29 is 15.0 Å². The van der Waals surface area contributed by atoms with Gasteiger partial charge in [0.15, 0.2) is 0 Å². The summed E-state index contributed by atoms with van der Waals surface area (Å²) in [6, 6.07) is 20.2. The number of hydrogen-bond donors (Lipinski definition) is 2. The maximum absolute atomic E-state index is 13.7. The summed E-state index contributed by atoms with van der Waals surface area (Å²) < 4.78 is 0. The lowest BCUT2D eigenvalue weighted by atomic mass is 9.78. The number of nitrogens with zero attached hydrogens (tertiary/aromatic N) is 2. The first kappa shape index (κ1) is 21.0. The largest absolute Gasteiger partial charge is 0.396 e. The van der Waals surface area contributed by atoms with Crippen LogP contribution in [0.5, 0.6) is 0 Å². The Kier molecular flexibility index (Phi) is 5.96. The van der Waals surface area contributed by atoms with Crippen molar-refractivity contribution in [1.29, 1.82) is 0 Å². The van der Waals surface area contributed by atoms with E-state index in [0.29, 0.717) is 26.1 Å². The van der Waals surface area contributed by atoms with Crippen LogP contribution in [-0.4, -0.2) is 57.3 Å². The molecule has 2 aromatic carbocycles. The second-order valence-electron chi connectivity index (χ2n) is 9.21. The van der Waals surface area contributed by atoms with Gasteiger partial charge in [0.25, 0.3) is 0 Å². The molecule has 160 valence electrons. The second kappa shape index (κ2) is 8.50. The van der Waals surface area contributed by atoms with Crippen LogP contribution in [0, 0.1) is 11.8 Å². The van der Waals surface area contributed by atoms with Crippen molar-refractivity contribution in [2.75, 3.05) is 19.7 Å². The van der Waals surface area contributed by atoms with Gasteiger partial charge in [0.1, 0.15) is 0 Å². The topological polar surface area (TPSA) is 64.0 Å². The van der Waals surface area contributed by atoms with Crippen molar-refractivity contribution in [3.8, 4) is 0 Å². The average Bonchev–Trinajstić information content (AvgIpc) is 3.12. The molecule has 2 aromatic rings. The van der Waals surface area contributed by atoms with Gasteiger partial charge in [-0.05, 0) is 37.3 Å². The van der Waals surface area contributed by atoms with Crippen molar-refractivity contribution >= 4 is 5.91 Å². The van der Waals surface area contributed by atoms with Gasteiger partial charge in [-0.25, -0.2) is 0 Å². The minimum absolute atomic E-state index is 0.0174. The highest BCUT2D eigenvalue weighted by molar-refractivity contribution is 5.84. The summed E-state index contributed by atoms with van der Waals surface area (Å²) in [5.74, 6) is -0.0370. The van der Waals surface area contributed by atoms with Crippen LogP contribution in [-0.2, 0) is 11.3 Å². The molecule has 30 heavy (non-hydrogen) atoms. The maximum Gasteiger partial charge on any atom is 0.240 e. The lowest BCUT2D eigenvalue weighted by molar-refractivity contribution is -0.146. The van der Waals surface area contributed by atoms with E-state index in [1.54, 1.807) is 0 Å². The Balaban J connectivity index is 1.72. The van der Waals surface area contributed by atoms with Crippen LogP contribution in [0.15, 0.2) is 60.7 Å². The van der Waals surface area contributed by atoms with Crippen molar-refractivity contribution in [2.24, 2.45) is 11.8 Å². The van der Waals surface area contributed by atoms with Crippen LogP contribution in [0.2, 0.25) is 0 Å². The number of benzene rings is 2. The molecule has 0 radical (unpaired) electrons. The van der Waals surface area contributed by atoms with Gasteiger partial charge < -0.3 is 15.1 Å². The molecule has 2 fully saturated rings. The van der Waals surface area contributed by atoms with Crippen molar-refractivity contribution in [3.05, 3.63) is 71.8 Å². The zero-order chi connectivity index (χ0) is 21.3. The van der Waals surface area contributed by atoms with Crippen LogP contribution in [0.1, 0.15) is 37.4 Å². The number of amides is 1. The Morgan fingerprint density at radius 3 is 2.23 bits per heavy atom. The quantitative estimate of drug-likeness (QED) is 0.772. The predicted molar refractivity (Wildman–Crippen MR) is 117 cm³/mol. The van der Waals surface area contributed by atoms with Gasteiger partial charge in [0.2, 0.25) is 5.91 Å². The second-order valence-corrected chi connectivity index (χ2v) is 9.21. The van der Waals surface area contributed by atoms with Crippen LogP contribution >= 0.6 is 0 Å². The first-order valence-corrected chi connectivity index (χ1v) is 10.9. The number of fused-ring (bicyclic) bond motifs is 1. The van der Waals surface area contributed by atoms with E-state index >= 15 is 0 Å². The summed E-state index contributed by atoms with van der Waals surface area (Å²) in [6.45, 7) is 5.52. The standard InChI is InChI=1S/C25H32N2O3/c1-25(2,30)21-16-27-22(19-11-7-4-8-12-19)17-26(15-18-9-5-3-6-10-18)24(29)23(27)20(21)13-14-28/h3-12,20-23,28,30H,13-17H2,1-2H3/t20-,21+,22-,23+/m1/s1. The lowest BCUT2D eigenvalue weighted by Gasteiger charge is -2.44. The Morgan fingerprint density at radius 2 is 1.63 bits per heavy atom. The van der Waals surface area contributed by atoms with E-state index in [-0.39, 0.29) is 36.4 Å². The van der Waals surface area contributed by atoms with Crippen LogP contribution in [0.4, 0.5) is 0 Å². The molecule has 2 saturated heterocycles. The fourth-order valence-corrected chi connectivity index (χ4v) is 5.35. The summed E-state index contributed by atoms with van der Waals surface area (Å²) in [5.41, 5.74) is 1.39. The highest BCUT2D eigenvalue weighted by Gasteiger charge is 2.55. The third-order valence-corrected chi connectivity index (χ3v) is 6.82. The number of piperazine rings is 1. The van der Waals surface area contributed by atoms with E-state index in [2.05, 4.69) is 29.2 Å². The van der Waals surface area contributed by atoms with E-state index in [0.717, 1.165) is 5.56 Å². The Labute approximate surface area is 178 Å². The average molecular weight is 409 g/mol. The molecule has 4 atom stereocenters. The van der Waals surface area contributed by atoms with Gasteiger partial charge in [-0.15, -0.1) is 0 Å². The molecule has 0 aromatic heterocycles. The minimum Gasteiger partial charge on any atom is -0.396 e. The monoisotopic (exact) mass is 408 g/mol. The molecule has 2 aliphatic rings. The Morgan fingerprint density at radius 1 is 1.00 bits per heavy atom. The summed E-state index contributed by atoms with van der Waals surface area (Å²) in [4.78, 5) is 17.9. The molecule has 0 aliphatic carbocycles. The number of hydrogen-bond acceptors (Lipinski definition) is 4. The summed E-state index contributed by atoms with van der Waals surface area (Å²) in [6.07, 6.45) is 0.516. The summed E-state index contributed by atoms with van der Waals surface area (Å²) in [7, 11) is 0. The van der Waals surface area contributed by atoms with E-state index in [1.165, 1.54) is 5.56 Å². The fourth-order valence-electron chi connectivity index (χ4n) is 5.35. The van der Waals surface area contributed by atoms with E-state index in [1.807, 2.05) is 55.1 Å². The lowest BCUT2D eigenvalue weighted by Crippen LogP contribution is -2.57. The molecule has 0 spiro atoms. The van der Waals surface area contributed by atoms with Gasteiger partial charge in [-0.3, -0.25) is 9.69 Å².